The van der Waals surface area contributed by atoms with Crippen LogP contribution in [0.5, 0.6) is 0 Å². The Morgan fingerprint density at radius 1 is 1.09 bits per heavy atom. The van der Waals surface area contributed by atoms with E-state index in [1.165, 1.54) is 25.7 Å². The van der Waals surface area contributed by atoms with Crippen molar-refractivity contribution < 1.29 is 4.74 Å². The number of aliphatic imine (C=N–C) groups is 1. The molecule has 0 aromatic carbocycles. The highest BCUT2D eigenvalue weighted by molar-refractivity contribution is 14.0. The zero-order valence-corrected chi connectivity index (χ0v) is 17.0. The maximum atomic E-state index is 5.35. The summed E-state index contributed by atoms with van der Waals surface area (Å²) in [7, 11) is 0. The molecule has 4 nitrogen and oxygen atoms in total. The summed E-state index contributed by atoms with van der Waals surface area (Å²) in [4.78, 5) is 4.76. The summed E-state index contributed by atoms with van der Waals surface area (Å²) in [6.07, 6.45) is 7.69. The van der Waals surface area contributed by atoms with Crippen LogP contribution >= 0.6 is 24.0 Å². The smallest absolute Gasteiger partial charge is 0.191 e. The van der Waals surface area contributed by atoms with Crippen molar-refractivity contribution in [3.8, 4) is 0 Å². The van der Waals surface area contributed by atoms with Crippen molar-refractivity contribution in [3.63, 3.8) is 0 Å². The highest BCUT2D eigenvalue weighted by Gasteiger charge is 2.17. The maximum absolute atomic E-state index is 5.35. The number of unbranched alkanes of at least 4 members (excludes halogenated alkanes) is 1. The standard InChI is InChI=1S/C17H35N3O.HI/c1-4-18-17(19-12-6-7-13-21-5-2)20-14-16-10-8-15(3)9-11-16;/h15-16H,4-14H2,1-3H3,(H2,18,19,20);1H. The zero-order chi connectivity index (χ0) is 15.3. The van der Waals surface area contributed by atoms with Gasteiger partial charge in [0.05, 0.1) is 0 Å². The van der Waals surface area contributed by atoms with Crippen molar-refractivity contribution in [2.75, 3.05) is 32.8 Å². The highest BCUT2D eigenvalue weighted by atomic mass is 127. The largest absolute Gasteiger partial charge is 0.382 e. The molecule has 1 aliphatic rings. The SMILES string of the molecule is CCNC(=NCC1CCC(C)CC1)NCCCCOCC.I. The summed E-state index contributed by atoms with van der Waals surface area (Å²) in [5, 5.41) is 6.77. The normalized spacial score (nSPS) is 22.0. The summed E-state index contributed by atoms with van der Waals surface area (Å²) in [5.41, 5.74) is 0. The minimum atomic E-state index is 0. The second-order valence-corrected chi connectivity index (χ2v) is 6.18. The molecule has 1 aliphatic carbocycles. The first-order chi connectivity index (χ1) is 10.3. The van der Waals surface area contributed by atoms with Gasteiger partial charge in [-0.25, -0.2) is 0 Å². The first kappa shape index (κ1) is 22.0. The first-order valence-electron chi connectivity index (χ1n) is 8.86. The second-order valence-electron chi connectivity index (χ2n) is 6.18. The van der Waals surface area contributed by atoms with Crippen LogP contribution in [0.3, 0.4) is 0 Å². The molecular formula is C17H36IN3O. The van der Waals surface area contributed by atoms with Crippen LogP contribution in [0, 0.1) is 11.8 Å². The third-order valence-corrected chi connectivity index (χ3v) is 4.20. The van der Waals surface area contributed by atoms with Gasteiger partial charge in [-0.05, 0) is 51.4 Å². The third kappa shape index (κ3) is 10.6. The lowest BCUT2D eigenvalue weighted by Gasteiger charge is -2.25. The minimum absolute atomic E-state index is 0. The molecule has 0 amide bonds. The van der Waals surface area contributed by atoms with Gasteiger partial charge in [0.15, 0.2) is 5.96 Å². The van der Waals surface area contributed by atoms with Crippen LogP contribution in [0.25, 0.3) is 0 Å². The molecule has 1 saturated carbocycles. The molecule has 5 heteroatoms. The van der Waals surface area contributed by atoms with Gasteiger partial charge in [-0.15, -0.1) is 24.0 Å². The molecule has 0 aromatic heterocycles. The number of hydrogen-bond acceptors (Lipinski definition) is 2. The fourth-order valence-electron chi connectivity index (χ4n) is 2.75. The van der Waals surface area contributed by atoms with Gasteiger partial charge in [0.25, 0.3) is 0 Å². The minimum Gasteiger partial charge on any atom is -0.382 e. The molecule has 22 heavy (non-hydrogen) atoms. The molecular weight excluding hydrogens is 389 g/mol. The van der Waals surface area contributed by atoms with Gasteiger partial charge < -0.3 is 15.4 Å². The zero-order valence-electron chi connectivity index (χ0n) is 14.7. The topological polar surface area (TPSA) is 45.7 Å². The van der Waals surface area contributed by atoms with Crippen molar-refractivity contribution >= 4 is 29.9 Å². The molecule has 0 saturated heterocycles. The molecule has 132 valence electrons. The molecule has 1 rings (SSSR count). The van der Waals surface area contributed by atoms with E-state index in [2.05, 4.69) is 24.5 Å². The Morgan fingerprint density at radius 2 is 1.82 bits per heavy atom. The molecule has 0 unspecified atom stereocenters. The second kappa shape index (κ2) is 14.5. The molecule has 0 bridgehead atoms. The molecule has 0 heterocycles. The van der Waals surface area contributed by atoms with E-state index in [0.29, 0.717) is 0 Å². The highest BCUT2D eigenvalue weighted by Crippen LogP contribution is 2.28. The number of nitrogens with zero attached hydrogens (tertiary/aromatic N) is 1. The van der Waals surface area contributed by atoms with Crippen molar-refractivity contribution in [1.82, 2.24) is 10.6 Å². The van der Waals surface area contributed by atoms with E-state index in [4.69, 9.17) is 9.73 Å². The Balaban J connectivity index is 0.00000441. The van der Waals surface area contributed by atoms with E-state index in [1.54, 1.807) is 0 Å². The first-order valence-corrected chi connectivity index (χ1v) is 8.86. The molecule has 0 radical (unpaired) electrons. The van der Waals surface area contributed by atoms with Crippen molar-refractivity contribution in [2.24, 2.45) is 16.8 Å². The fraction of sp³-hybridized carbons (Fsp3) is 0.941. The van der Waals surface area contributed by atoms with E-state index in [1.807, 2.05) is 6.92 Å². The molecule has 0 atom stereocenters. The van der Waals surface area contributed by atoms with Crippen LogP contribution in [0.15, 0.2) is 4.99 Å². The summed E-state index contributed by atoms with van der Waals surface area (Å²) < 4.78 is 5.35. The quantitative estimate of drug-likeness (QED) is 0.256. The molecule has 1 fully saturated rings. The van der Waals surface area contributed by atoms with Crippen LogP contribution in [-0.4, -0.2) is 38.8 Å². The molecule has 2 N–H and O–H groups in total. The van der Waals surface area contributed by atoms with Crippen LogP contribution in [0.4, 0.5) is 0 Å². The Hall–Kier alpha value is -0.0400. The molecule has 0 spiro atoms. The van der Waals surface area contributed by atoms with Gasteiger partial charge in [0, 0.05) is 32.8 Å². The number of guanidine groups is 1. The van der Waals surface area contributed by atoms with E-state index in [0.717, 1.165) is 63.5 Å². The lowest BCUT2D eigenvalue weighted by Crippen LogP contribution is -2.38. The number of rotatable bonds is 9. The number of hydrogen-bond donors (Lipinski definition) is 2. The lowest BCUT2D eigenvalue weighted by atomic mass is 9.83. The number of nitrogens with one attached hydrogen (secondary N) is 2. The Bertz CT molecular complexity index is 279. The summed E-state index contributed by atoms with van der Waals surface area (Å²) in [5.74, 6) is 2.68. The van der Waals surface area contributed by atoms with Gasteiger partial charge in [0.1, 0.15) is 0 Å². The van der Waals surface area contributed by atoms with E-state index < -0.39 is 0 Å². The molecule has 0 aliphatic heterocycles. The summed E-state index contributed by atoms with van der Waals surface area (Å²) >= 11 is 0. The number of ether oxygens (including phenoxy) is 1. The van der Waals surface area contributed by atoms with Gasteiger partial charge in [-0.3, -0.25) is 4.99 Å². The summed E-state index contributed by atoms with van der Waals surface area (Å²) in [6, 6.07) is 0. The Morgan fingerprint density at radius 3 is 2.45 bits per heavy atom. The van der Waals surface area contributed by atoms with Crippen LogP contribution < -0.4 is 10.6 Å². The van der Waals surface area contributed by atoms with E-state index >= 15 is 0 Å². The van der Waals surface area contributed by atoms with Crippen LogP contribution in [-0.2, 0) is 4.74 Å². The fourth-order valence-corrected chi connectivity index (χ4v) is 2.75. The third-order valence-electron chi connectivity index (χ3n) is 4.20. The van der Waals surface area contributed by atoms with Gasteiger partial charge in [-0.2, -0.15) is 0 Å². The maximum Gasteiger partial charge on any atom is 0.191 e. The van der Waals surface area contributed by atoms with Crippen LogP contribution in [0.2, 0.25) is 0 Å². The Kier molecular flexibility index (Phi) is 14.5. The van der Waals surface area contributed by atoms with Gasteiger partial charge >= 0.3 is 0 Å². The van der Waals surface area contributed by atoms with E-state index in [9.17, 15) is 0 Å². The van der Waals surface area contributed by atoms with Crippen molar-refractivity contribution in [2.45, 2.75) is 59.3 Å². The van der Waals surface area contributed by atoms with Crippen molar-refractivity contribution in [1.29, 1.82) is 0 Å². The Labute approximate surface area is 154 Å². The number of halogens is 1. The molecule has 0 aromatic rings. The average molecular weight is 425 g/mol. The lowest BCUT2D eigenvalue weighted by molar-refractivity contribution is 0.143. The summed E-state index contributed by atoms with van der Waals surface area (Å²) in [6.45, 7) is 11.1. The van der Waals surface area contributed by atoms with Crippen molar-refractivity contribution in [3.05, 3.63) is 0 Å². The predicted molar refractivity (Wildman–Crippen MR) is 106 cm³/mol. The van der Waals surface area contributed by atoms with Gasteiger partial charge in [-0.1, -0.05) is 19.8 Å². The monoisotopic (exact) mass is 425 g/mol. The average Bonchev–Trinajstić information content (AvgIpc) is 2.49. The van der Waals surface area contributed by atoms with Gasteiger partial charge in [0.2, 0.25) is 0 Å². The predicted octanol–water partition coefficient (Wildman–Crippen LogP) is 3.80. The van der Waals surface area contributed by atoms with E-state index in [-0.39, 0.29) is 24.0 Å². The van der Waals surface area contributed by atoms with Crippen LogP contribution in [0.1, 0.15) is 59.3 Å².